The van der Waals surface area contributed by atoms with Crippen LogP contribution in [0, 0.1) is 5.92 Å². The second-order valence-corrected chi connectivity index (χ2v) is 6.38. The van der Waals surface area contributed by atoms with Crippen molar-refractivity contribution in [3.05, 3.63) is 63.6 Å². The summed E-state index contributed by atoms with van der Waals surface area (Å²) < 4.78 is 6.19. The molecule has 0 heterocycles. The molecular weight excluding hydrogens is 328 g/mol. The summed E-state index contributed by atoms with van der Waals surface area (Å²) in [5.41, 5.74) is 2.52. The van der Waals surface area contributed by atoms with Crippen molar-refractivity contribution in [1.29, 1.82) is 0 Å². The van der Waals surface area contributed by atoms with Gasteiger partial charge in [-0.15, -0.1) is 0 Å². The smallest absolute Gasteiger partial charge is 0.196 e. The minimum Gasteiger partial charge on any atom is -0.496 e. The lowest BCUT2D eigenvalue weighted by molar-refractivity contribution is 0.103. The third-order valence-corrected chi connectivity index (χ3v) is 3.76. The number of carbonyl (C=O) groups is 1. The zero-order valence-corrected chi connectivity index (χ0v) is 14.1. The minimum atomic E-state index is -0.0181. The first kappa shape index (κ1) is 15.8. The monoisotopic (exact) mass is 346 g/mol. The van der Waals surface area contributed by atoms with Crippen LogP contribution >= 0.6 is 15.9 Å². The fourth-order valence-corrected chi connectivity index (χ4v) is 2.61. The molecule has 0 unspecified atom stereocenters. The molecule has 21 heavy (non-hydrogen) atoms. The number of hydrogen-bond acceptors (Lipinski definition) is 2. The normalized spacial score (nSPS) is 10.7. The maximum Gasteiger partial charge on any atom is 0.196 e. The average Bonchev–Trinajstić information content (AvgIpc) is 2.46. The Balaban J connectivity index is 2.28. The number of hydrogen-bond donors (Lipinski definition) is 0. The van der Waals surface area contributed by atoms with Crippen molar-refractivity contribution in [2.24, 2.45) is 5.92 Å². The van der Waals surface area contributed by atoms with E-state index in [9.17, 15) is 4.79 Å². The third kappa shape index (κ3) is 3.94. The van der Waals surface area contributed by atoms with E-state index in [0.29, 0.717) is 22.8 Å². The molecule has 0 aliphatic heterocycles. The highest BCUT2D eigenvalue weighted by Gasteiger charge is 2.14. The Hall–Kier alpha value is -1.61. The van der Waals surface area contributed by atoms with E-state index in [4.69, 9.17) is 4.74 Å². The number of carbonyl (C=O) groups excluding carboxylic acids is 1. The van der Waals surface area contributed by atoms with Gasteiger partial charge in [-0.2, -0.15) is 0 Å². The van der Waals surface area contributed by atoms with Gasteiger partial charge in [-0.1, -0.05) is 54.0 Å². The summed E-state index contributed by atoms with van der Waals surface area (Å²) in [7, 11) is 1.57. The lowest BCUT2D eigenvalue weighted by Crippen LogP contribution is -2.04. The third-order valence-electron chi connectivity index (χ3n) is 3.27. The van der Waals surface area contributed by atoms with Gasteiger partial charge in [0.1, 0.15) is 5.75 Å². The molecule has 2 aromatic carbocycles. The summed E-state index contributed by atoms with van der Waals surface area (Å²) in [6.07, 6.45) is 1.02. The molecular formula is C18H19BrO2. The fourth-order valence-electron chi connectivity index (χ4n) is 2.27. The van der Waals surface area contributed by atoms with Crippen molar-refractivity contribution in [2.75, 3.05) is 7.11 Å². The number of benzene rings is 2. The number of ketones is 1. The fraction of sp³-hybridized carbons (Fsp3) is 0.278. The van der Waals surface area contributed by atoms with E-state index in [1.54, 1.807) is 19.2 Å². The minimum absolute atomic E-state index is 0.0181. The summed E-state index contributed by atoms with van der Waals surface area (Å²) in [6.45, 7) is 4.37. The highest BCUT2D eigenvalue weighted by molar-refractivity contribution is 9.10. The first-order valence-electron chi connectivity index (χ1n) is 6.98. The second kappa shape index (κ2) is 6.90. The van der Waals surface area contributed by atoms with Gasteiger partial charge in [-0.25, -0.2) is 0 Å². The van der Waals surface area contributed by atoms with Crippen molar-refractivity contribution >= 4 is 21.7 Å². The van der Waals surface area contributed by atoms with E-state index >= 15 is 0 Å². The number of methoxy groups -OCH3 is 1. The Morgan fingerprint density at radius 3 is 2.38 bits per heavy atom. The van der Waals surface area contributed by atoms with Crippen LogP contribution in [-0.4, -0.2) is 12.9 Å². The molecule has 0 aliphatic carbocycles. The molecule has 2 nitrogen and oxygen atoms in total. The molecule has 0 radical (unpaired) electrons. The standard InChI is InChI=1S/C18H19BrO2/c1-12(2)10-13-4-6-14(7-5-13)18(20)16-9-8-15(19)11-17(16)21-3/h4-9,11-12H,10H2,1-3H3. The van der Waals surface area contributed by atoms with Gasteiger partial charge in [0.25, 0.3) is 0 Å². The maximum atomic E-state index is 12.6. The van der Waals surface area contributed by atoms with Gasteiger partial charge < -0.3 is 4.74 Å². The molecule has 0 atom stereocenters. The number of ether oxygens (including phenoxy) is 1. The van der Waals surface area contributed by atoms with Crippen LogP contribution in [0.15, 0.2) is 46.9 Å². The molecule has 0 N–H and O–H groups in total. The van der Waals surface area contributed by atoms with Crippen molar-refractivity contribution < 1.29 is 9.53 Å². The van der Waals surface area contributed by atoms with Gasteiger partial charge in [-0.05, 0) is 36.1 Å². The molecule has 2 rings (SSSR count). The Labute approximate surface area is 134 Å². The lowest BCUT2D eigenvalue weighted by Gasteiger charge is -2.09. The molecule has 0 bridgehead atoms. The Kier molecular flexibility index (Phi) is 5.18. The highest BCUT2D eigenvalue weighted by atomic mass is 79.9. The first-order valence-corrected chi connectivity index (χ1v) is 7.77. The van der Waals surface area contributed by atoms with Crippen LogP contribution in [0.25, 0.3) is 0 Å². The SMILES string of the molecule is COc1cc(Br)ccc1C(=O)c1ccc(CC(C)C)cc1. The van der Waals surface area contributed by atoms with Gasteiger partial charge in [0.15, 0.2) is 5.78 Å². The van der Waals surface area contributed by atoms with E-state index in [2.05, 4.69) is 29.8 Å². The van der Waals surface area contributed by atoms with Gasteiger partial charge in [0.2, 0.25) is 0 Å². The van der Waals surface area contributed by atoms with E-state index in [1.807, 2.05) is 30.3 Å². The largest absolute Gasteiger partial charge is 0.496 e. The van der Waals surface area contributed by atoms with Crippen LogP contribution in [0.4, 0.5) is 0 Å². The Morgan fingerprint density at radius 1 is 1.14 bits per heavy atom. The van der Waals surface area contributed by atoms with Crippen LogP contribution in [0.3, 0.4) is 0 Å². The first-order chi connectivity index (χ1) is 10.0. The Bertz CT molecular complexity index is 630. The van der Waals surface area contributed by atoms with E-state index < -0.39 is 0 Å². The van der Waals surface area contributed by atoms with Gasteiger partial charge in [0.05, 0.1) is 12.7 Å². The molecule has 3 heteroatoms. The molecule has 0 spiro atoms. The Morgan fingerprint density at radius 2 is 1.81 bits per heavy atom. The van der Waals surface area contributed by atoms with Crippen LogP contribution in [-0.2, 0) is 6.42 Å². The van der Waals surface area contributed by atoms with E-state index in [1.165, 1.54) is 5.56 Å². The molecule has 0 saturated carbocycles. The maximum absolute atomic E-state index is 12.6. The number of halogens is 1. The highest BCUT2D eigenvalue weighted by Crippen LogP contribution is 2.26. The summed E-state index contributed by atoms with van der Waals surface area (Å²) in [5, 5.41) is 0. The van der Waals surface area contributed by atoms with Gasteiger partial charge in [-0.3, -0.25) is 4.79 Å². The average molecular weight is 347 g/mol. The second-order valence-electron chi connectivity index (χ2n) is 5.47. The summed E-state index contributed by atoms with van der Waals surface area (Å²) >= 11 is 3.38. The topological polar surface area (TPSA) is 26.3 Å². The van der Waals surface area contributed by atoms with Crippen LogP contribution in [0.2, 0.25) is 0 Å². The summed E-state index contributed by atoms with van der Waals surface area (Å²) in [5.74, 6) is 1.18. The zero-order valence-electron chi connectivity index (χ0n) is 12.5. The van der Waals surface area contributed by atoms with Crippen molar-refractivity contribution in [3.8, 4) is 5.75 Å². The van der Waals surface area contributed by atoms with Crippen molar-refractivity contribution in [1.82, 2.24) is 0 Å². The predicted octanol–water partition coefficient (Wildman–Crippen LogP) is 4.89. The van der Waals surface area contributed by atoms with Gasteiger partial charge in [0, 0.05) is 10.0 Å². The van der Waals surface area contributed by atoms with Crippen molar-refractivity contribution in [3.63, 3.8) is 0 Å². The molecule has 0 aromatic heterocycles. The van der Waals surface area contributed by atoms with Crippen molar-refractivity contribution in [2.45, 2.75) is 20.3 Å². The van der Waals surface area contributed by atoms with E-state index in [-0.39, 0.29) is 5.78 Å². The molecule has 110 valence electrons. The zero-order chi connectivity index (χ0) is 15.4. The number of rotatable bonds is 5. The van der Waals surface area contributed by atoms with E-state index in [0.717, 1.165) is 10.9 Å². The predicted molar refractivity (Wildman–Crippen MR) is 89.1 cm³/mol. The van der Waals surface area contributed by atoms with Gasteiger partial charge >= 0.3 is 0 Å². The van der Waals surface area contributed by atoms with Crippen LogP contribution in [0.1, 0.15) is 35.3 Å². The quantitative estimate of drug-likeness (QED) is 0.720. The molecule has 0 fully saturated rings. The van der Waals surface area contributed by atoms with Crippen LogP contribution in [0.5, 0.6) is 5.75 Å². The van der Waals surface area contributed by atoms with Crippen LogP contribution < -0.4 is 4.74 Å². The molecule has 0 aliphatic rings. The lowest BCUT2D eigenvalue weighted by atomic mass is 9.98. The summed E-state index contributed by atoms with van der Waals surface area (Å²) in [4.78, 5) is 12.6. The molecule has 0 amide bonds. The molecule has 0 saturated heterocycles. The summed E-state index contributed by atoms with van der Waals surface area (Å²) in [6, 6.07) is 13.3. The molecule has 2 aromatic rings.